The van der Waals surface area contributed by atoms with Gasteiger partial charge in [0.25, 0.3) is 0 Å². The minimum atomic E-state index is -4.04. The van der Waals surface area contributed by atoms with Gasteiger partial charge in [0.05, 0.1) is 32.3 Å². The van der Waals surface area contributed by atoms with E-state index in [1.54, 1.807) is 13.0 Å². The fraction of sp³-hybridized carbons (Fsp3) is 0.208. The van der Waals surface area contributed by atoms with Crippen molar-refractivity contribution in [1.29, 1.82) is 0 Å². The van der Waals surface area contributed by atoms with Gasteiger partial charge in [0.1, 0.15) is 11.8 Å². The number of benzene rings is 3. The van der Waals surface area contributed by atoms with Crippen molar-refractivity contribution in [2.24, 2.45) is 0 Å². The number of carbonyl (C=O) groups excluding carboxylic acids is 1. The van der Waals surface area contributed by atoms with E-state index in [-0.39, 0.29) is 32.1 Å². The summed E-state index contributed by atoms with van der Waals surface area (Å²) in [6.07, 6.45) is 0.112. The summed E-state index contributed by atoms with van der Waals surface area (Å²) < 4.78 is 34.4. The smallest absolute Gasteiger partial charge is 0.242 e. The number of ether oxygens (including phenoxy) is 1. The van der Waals surface area contributed by atoms with Gasteiger partial charge in [-0.25, -0.2) is 8.42 Å². The van der Waals surface area contributed by atoms with E-state index in [1.165, 1.54) is 24.3 Å². The summed E-state index contributed by atoms with van der Waals surface area (Å²) in [4.78, 5) is 13.2. The minimum Gasteiger partial charge on any atom is -0.494 e. The van der Waals surface area contributed by atoms with Gasteiger partial charge in [-0.15, -0.1) is 0 Å². The lowest BCUT2D eigenvalue weighted by molar-refractivity contribution is -0.117. The third-order valence-corrected chi connectivity index (χ3v) is 7.43. The van der Waals surface area contributed by atoms with Crippen molar-refractivity contribution < 1.29 is 17.9 Å². The van der Waals surface area contributed by atoms with Gasteiger partial charge in [-0.2, -0.15) is 4.72 Å². The highest BCUT2D eigenvalue weighted by atomic mass is 35.5. The number of hydrogen-bond donors (Lipinski definition) is 2. The second kappa shape index (κ2) is 11.4. The zero-order valence-corrected chi connectivity index (χ0v) is 21.5. The van der Waals surface area contributed by atoms with Crippen molar-refractivity contribution in [3.63, 3.8) is 0 Å². The zero-order valence-electron chi connectivity index (χ0n) is 18.4. The van der Waals surface area contributed by atoms with Crippen LogP contribution in [0.4, 0.5) is 5.69 Å². The lowest BCUT2D eigenvalue weighted by atomic mass is 10.1. The Morgan fingerprint density at radius 1 is 0.971 bits per heavy atom. The standard InChI is InChI=1S/C24H23Cl3N2O4S/c1-3-33-23-10-9-17(11-15(23)2)34(31,32)29-22(12-16-7-5-4-6-8-16)24(30)28-21-14-19(26)18(25)13-20(21)27/h4-11,13-14,22,29H,3,12H2,1-2H3,(H,28,30)/t22-/m0/s1. The number of amides is 1. The summed E-state index contributed by atoms with van der Waals surface area (Å²) in [6.45, 7) is 4.06. The molecule has 0 aliphatic carbocycles. The first kappa shape index (κ1) is 26.3. The van der Waals surface area contributed by atoms with Crippen LogP contribution in [0.15, 0.2) is 65.6 Å². The molecule has 3 aromatic rings. The average Bonchev–Trinajstić information content (AvgIpc) is 2.79. The monoisotopic (exact) mass is 540 g/mol. The first-order chi connectivity index (χ1) is 16.1. The largest absolute Gasteiger partial charge is 0.494 e. The van der Waals surface area contributed by atoms with E-state index < -0.39 is 22.0 Å². The van der Waals surface area contributed by atoms with Crippen molar-refractivity contribution in [1.82, 2.24) is 4.72 Å². The van der Waals surface area contributed by atoms with Gasteiger partial charge in [-0.3, -0.25) is 4.79 Å². The van der Waals surface area contributed by atoms with Crippen LogP contribution in [-0.2, 0) is 21.2 Å². The summed E-state index contributed by atoms with van der Waals surface area (Å²) in [5, 5.41) is 3.26. The second-order valence-electron chi connectivity index (χ2n) is 7.46. The molecule has 10 heteroatoms. The normalized spacial score (nSPS) is 12.3. The molecule has 2 N–H and O–H groups in total. The first-order valence-corrected chi connectivity index (χ1v) is 13.0. The van der Waals surface area contributed by atoms with E-state index in [4.69, 9.17) is 39.5 Å². The lowest BCUT2D eigenvalue weighted by Crippen LogP contribution is -2.45. The molecule has 0 bridgehead atoms. The van der Waals surface area contributed by atoms with Crippen molar-refractivity contribution in [2.75, 3.05) is 11.9 Å². The van der Waals surface area contributed by atoms with Crippen molar-refractivity contribution in [3.05, 3.63) is 86.9 Å². The summed E-state index contributed by atoms with van der Waals surface area (Å²) in [6, 6.07) is 15.3. The lowest BCUT2D eigenvalue weighted by Gasteiger charge is -2.20. The highest BCUT2D eigenvalue weighted by Crippen LogP contribution is 2.32. The van der Waals surface area contributed by atoms with Crippen molar-refractivity contribution in [2.45, 2.75) is 31.2 Å². The SMILES string of the molecule is CCOc1ccc(S(=O)(=O)N[C@@H](Cc2ccccc2)C(=O)Nc2cc(Cl)c(Cl)cc2Cl)cc1C. The van der Waals surface area contributed by atoms with E-state index in [1.807, 2.05) is 37.3 Å². The molecule has 0 radical (unpaired) electrons. The Balaban J connectivity index is 1.90. The third kappa shape index (κ3) is 6.64. The summed E-state index contributed by atoms with van der Waals surface area (Å²) in [7, 11) is -4.04. The van der Waals surface area contributed by atoms with Gasteiger partial charge < -0.3 is 10.1 Å². The van der Waals surface area contributed by atoms with Crippen LogP contribution < -0.4 is 14.8 Å². The molecule has 180 valence electrons. The maximum Gasteiger partial charge on any atom is 0.242 e. The van der Waals surface area contributed by atoms with Crippen LogP contribution in [0.2, 0.25) is 15.1 Å². The molecule has 0 aliphatic heterocycles. The molecule has 0 aromatic heterocycles. The Labute approximate surface area is 214 Å². The quantitative estimate of drug-likeness (QED) is 0.331. The number of hydrogen-bond acceptors (Lipinski definition) is 4. The number of carbonyl (C=O) groups is 1. The van der Waals surface area contributed by atoms with Crippen LogP contribution in [0.5, 0.6) is 5.75 Å². The number of nitrogens with one attached hydrogen (secondary N) is 2. The summed E-state index contributed by atoms with van der Waals surface area (Å²) in [5.41, 5.74) is 1.65. The van der Waals surface area contributed by atoms with Crippen LogP contribution in [0.25, 0.3) is 0 Å². The number of anilines is 1. The van der Waals surface area contributed by atoms with Gasteiger partial charge >= 0.3 is 0 Å². The van der Waals surface area contributed by atoms with Crippen LogP contribution in [0.1, 0.15) is 18.1 Å². The topological polar surface area (TPSA) is 84.5 Å². The Kier molecular flexibility index (Phi) is 8.84. The number of rotatable bonds is 9. The maximum absolute atomic E-state index is 13.2. The highest BCUT2D eigenvalue weighted by Gasteiger charge is 2.27. The van der Waals surface area contributed by atoms with Crippen LogP contribution in [0.3, 0.4) is 0 Å². The Morgan fingerprint density at radius 2 is 1.65 bits per heavy atom. The van der Waals surface area contributed by atoms with E-state index in [0.29, 0.717) is 17.9 Å². The molecule has 0 aliphatic rings. The molecule has 0 saturated carbocycles. The minimum absolute atomic E-state index is 0.0203. The molecule has 0 unspecified atom stereocenters. The van der Waals surface area contributed by atoms with Crippen LogP contribution in [0, 0.1) is 6.92 Å². The number of aryl methyl sites for hydroxylation is 1. The van der Waals surface area contributed by atoms with Crippen LogP contribution in [-0.4, -0.2) is 27.0 Å². The van der Waals surface area contributed by atoms with Gasteiger partial charge in [0, 0.05) is 0 Å². The van der Waals surface area contributed by atoms with Gasteiger partial charge in [-0.1, -0.05) is 65.1 Å². The zero-order chi connectivity index (χ0) is 24.9. The molecular weight excluding hydrogens is 519 g/mol. The van der Waals surface area contributed by atoms with E-state index >= 15 is 0 Å². The maximum atomic E-state index is 13.2. The highest BCUT2D eigenvalue weighted by molar-refractivity contribution is 7.89. The van der Waals surface area contributed by atoms with E-state index in [9.17, 15) is 13.2 Å². The Bertz CT molecular complexity index is 1280. The molecular formula is C24H23Cl3N2O4S. The predicted molar refractivity (Wildman–Crippen MR) is 137 cm³/mol. The number of sulfonamides is 1. The molecule has 3 aromatic carbocycles. The van der Waals surface area contributed by atoms with E-state index in [0.717, 1.165) is 5.56 Å². The van der Waals surface area contributed by atoms with Gasteiger partial charge in [0.15, 0.2) is 0 Å². The molecule has 6 nitrogen and oxygen atoms in total. The Morgan fingerprint density at radius 3 is 2.29 bits per heavy atom. The molecule has 1 atom stereocenters. The van der Waals surface area contributed by atoms with Crippen molar-refractivity contribution >= 4 is 56.4 Å². The molecule has 0 heterocycles. The average molecular weight is 542 g/mol. The Hall–Kier alpha value is -2.29. The fourth-order valence-electron chi connectivity index (χ4n) is 3.24. The molecule has 0 fully saturated rings. The van der Waals surface area contributed by atoms with Gasteiger partial charge in [0.2, 0.25) is 15.9 Å². The van der Waals surface area contributed by atoms with Crippen molar-refractivity contribution in [3.8, 4) is 5.75 Å². The second-order valence-corrected chi connectivity index (χ2v) is 10.4. The van der Waals surface area contributed by atoms with Crippen LogP contribution >= 0.6 is 34.8 Å². The number of halogens is 3. The third-order valence-electron chi connectivity index (χ3n) is 4.92. The molecule has 1 amide bonds. The summed E-state index contributed by atoms with van der Waals surface area (Å²) >= 11 is 18.2. The predicted octanol–water partition coefficient (Wildman–Crippen LogP) is 5.88. The molecule has 34 heavy (non-hydrogen) atoms. The summed E-state index contributed by atoms with van der Waals surface area (Å²) in [5.74, 6) is -0.00957. The van der Waals surface area contributed by atoms with E-state index in [2.05, 4.69) is 10.0 Å². The molecule has 0 saturated heterocycles. The molecule has 0 spiro atoms. The molecule has 3 rings (SSSR count). The van der Waals surface area contributed by atoms with Gasteiger partial charge in [-0.05, 0) is 61.7 Å². The first-order valence-electron chi connectivity index (χ1n) is 10.4. The fourth-order valence-corrected chi connectivity index (χ4v) is 5.11.